The highest BCUT2D eigenvalue weighted by Gasteiger charge is 2.22. The smallest absolute Gasteiger partial charge is 0.341 e. The summed E-state index contributed by atoms with van der Waals surface area (Å²) < 4.78 is 6.95. The Balaban J connectivity index is 1.68. The van der Waals surface area contributed by atoms with Gasteiger partial charge in [-0.15, -0.1) is 21.5 Å². The number of carbonyl (C=O) groups excluding carboxylic acids is 2. The van der Waals surface area contributed by atoms with Crippen LogP contribution in [0.5, 0.6) is 0 Å². The maximum Gasteiger partial charge on any atom is 0.341 e. The second-order valence-electron chi connectivity index (χ2n) is 6.42. The van der Waals surface area contributed by atoms with Crippen LogP contribution in [-0.2, 0) is 16.6 Å². The lowest BCUT2D eigenvalue weighted by Crippen LogP contribution is -2.16. The average molecular weight is 465 g/mol. The van der Waals surface area contributed by atoms with Crippen LogP contribution in [0.2, 0.25) is 5.02 Å². The zero-order valence-electron chi connectivity index (χ0n) is 17.0. The molecule has 10 heteroatoms. The minimum absolute atomic E-state index is 0.130. The molecule has 0 saturated heterocycles. The zero-order chi connectivity index (χ0) is 21.8. The second-order valence-corrected chi connectivity index (χ2v) is 9.02. The minimum Gasteiger partial charge on any atom is -0.462 e. The van der Waals surface area contributed by atoms with Crippen LogP contribution in [0.4, 0.5) is 5.00 Å². The molecule has 3 rings (SSSR count). The van der Waals surface area contributed by atoms with Crippen LogP contribution in [0, 0.1) is 13.8 Å². The number of nitrogens with one attached hydrogen (secondary N) is 1. The van der Waals surface area contributed by atoms with Crippen LogP contribution in [-0.4, -0.2) is 39.0 Å². The minimum atomic E-state index is -0.428. The number of carbonyl (C=O) groups is 2. The number of aryl methyl sites for hydroxylation is 1. The SMILES string of the molecule is CCOC(=O)c1c(NC(=O)CSc2nnc(-c3ccc(Cl)cc3)n2C)sc(C)c1C. The van der Waals surface area contributed by atoms with Gasteiger partial charge in [-0.05, 0) is 50.6 Å². The van der Waals surface area contributed by atoms with E-state index in [0.29, 0.717) is 26.6 Å². The van der Waals surface area contributed by atoms with Crippen molar-refractivity contribution in [2.45, 2.75) is 25.9 Å². The van der Waals surface area contributed by atoms with Gasteiger partial charge in [0.05, 0.1) is 17.9 Å². The van der Waals surface area contributed by atoms with Gasteiger partial charge in [-0.1, -0.05) is 23.4 Å². The molecule has 0 unspecified atom stereocenters. The van der Waals surface area contributed by atoms with Crippen molar-refractivity contribution in [1.29, 1.82) is 0 Å². The van der Waals surface area contributed by atoms with Gasteiger partial charge in [-0.2, -0.15) is 0 Å². The number of thiophene rings is 1. The molecule has 0 aliphatic carbocycles. The predicted molar refractivity (Wildman–Crippen MR) is 121 cm³/mol. The van der Waals surface area contributed by atoms with Gasteiger partial charge in [-0.3, -0.25) is 4.79 Å². The van der Waals surface area contributed by atoms with Crippen molar-refractivity contribution in [3.8, 4) is 11.4 Å². The molecule has 0 atom stereocenters. The summed E-state index contributed by atoms with van der Waals surface area (Å²) in [4.78, 5) is 25.7. The van der Waals surface area contributed by atoms with Gasteiger partial charge in [0.15, 0.2) is 11.0 Å². The molecule has 3 aromatic rings. The first-order valence-electron chi connectivity index (χ1n) is 9.16. The monoisotopic (exact) mass is 464 g/mol. The molecule has 2 heterocycles. The third kappa shape index (κ3) is 4.85. The first kappa shape index (κ1) is 22.3. The van der Waals surface area contributed by atoms with E-state index in [1.807, 2.05) is 37.6 Å². The molecule has 30 heavy (non-hydrogen) atoms. The standard InChI is InChI=1S/C20H21ClN4O3S2/c1-5-28-19(27)16-11(2)12(3)30-18(16)22-15(26)10-29-20-24-23-17(25(20)4)13-6-8-14(21)9-7-13/h6-9H,5,10H2,1-4H3,(H,22,26). The Morgan fingerprint density at radius 1 is 1.23 bits per heavy atom. The first-order valence-corrected chi connectivity index (χ1v) is 11.3. The molecule has 1 N–H and O–H groups in total. The van der Waals surface area contributed by atoms with Crippen LogP contribution in [0.1, 0.15) is 27.7 Å². The summed E-state index contributed by atoms with van der Waals surface area (Å²) in [5.74, 6) is 0.153. The normalized spacial score (nSPS) is 10.8. The predicted octanol–water partition coefficient (Wildman–Crippen LogP) is 4.72. The molecule has 2 aromatic heterocycles. The number of nitrogens with zero attached hydrogens (tertiary/aromatic N) is 3. The summed E-state index contributed by atoms with van der Waals surface area (Å²) in [5.41, 5.74) is 2.12. The maximum atomic E-state index is 12.5. The molecule has 1 amide bonds. The number of halogens is 1. The lowest BCUT2D eigenvalue weighted by atomic mass is 10.1. The topological polar surface area (TPSA) is 86.1 Å². The average Bonchev–Trinajstić information content (AvgIpc) is 3.20. The van der Waals surface area contributed by atoms with E-state index in [1.54, 1.807) is 19.1 Å². The van der Waals surface area contributed by atoms with Crippen molar-refractivity contribution < 1.29 is 14.3 Å². The highest BCUT2D eigenvalue weighted by molar-refractivity contribution is 7.99. The van der Waals surface area contributed by atoms with Crippen molar-refractivity contribution in [3.05, 3.63) is 45.3 Å². The molecule has 0 aliphatic rings. The highest BCUT2D eigenvalue weighted by atomic mass is 35.5. The Morgan fingerprint density at radius 3 is 2.60 bits per heavy atom. The van der Waals surface area contributed by atoms with Crippen molar-refractivity contribution in [2.24, 2.45) is 7.05 Å². The number of thioether (sulfide) groups is 1. The van der Waals surface area contributed by atoms with Gasteiger partial charge in [0.1, 0.15) is 5.00 Å². The summed E-state index contributed by atoms with van der Waals surface area (Å²) in [6.07, 6.45) is 0. The summed E-state index contributed by atoms with van der Waals surface area (Å²) >= 11 is 8.57. The van der Waals surface area contributed by atoms with E-state index in [4.69, 9.17) is 16.3 Å². The number of esters is 1. The fourth-order valence-corrected chi connectivity index (χ4v) is 4.65. The van der Waals surface area contributed by atoms with Gasteiger partial charge in [0.25, 0.3) is 0 Å². The largest absolute Gasteiger partial charge is 0.462 e. The van der Waals surface area contributed by atoms with Crippen molar-refractivity contribution in [1.82, 2.24) is 14.8 Å². The van der Waals surface area contributed by atoms with Crippen LogP contribution in [0.25, 0.3) is 11.4 Å². The third-order valence-corrected chi connectivity index (χ3v) is 6.78. The summed E-state index contributed by atoms with van der Waals surface area (Å²) in [7, 11) is 1.84. The fourth-order valence-electron chi connectivity index (χ4n) is 2.75. The number of hydrogen-bond acceptors (Lipinski definition) is 7. The van der Waals surface area contributed by atoms with E-state index < -0.39 is 5.97 Å². The zero-order valence-corrected chi connectivity index (χ0v) is 19.4. The lowest BCUT2D eigenvalue weighted by molar-refractivity contribution is -0.113. The molecule has 0 radical (unpaired) electrons. The van der Waals surface area contributed by atoms with Crippen molar-refractivity contribution >= 4 is 51.6 Å². The Bertz CT molecular complexity index is 1080. The van der Waals surface area contributed by atoms with Gasteiger partial charge in [-0.25, -0.2) is 4.79 Å². The number of ether oxygens (including phenoxy) is 1. The Morgan fingerprint density at radius 2 is 1.93 bits per heavy atom. The number of amides is 1. The van der Waals surface area contributed by atoms with E-state index in [2.05, 4.69) is 15.5 Å². The summed E-state index contributed by atoms with van der Waals surface area (Å²) in [5, 5.41) is 13.0. The molecule has 1 aromatic carbocycles. The molecule has 0 spiro atoms. The van der Waals surface area contributed by atoms with E-state index in [-0.39, 0.29) is 18.3 Å². The van der Waals surface area contributed by atoms with Crippen LogP contribution < -0.4 is 5.32 Å². The van der Waals surface area contributed by atoms with E-state index in [0.717, 1.165) is 16.0 Å². The fraction of sp³-hybridized carbons (Fsp3) is 0.300. The quantitative estimate of drug-likeness (QED) is 0.402. The first-order chi connectivity index (χ1) is 14.3. The summed E-state index contributed by atoms with van der Waals surface area (Å²) in [6, 6.07) is 7.31. The molecule has 0 aliphatic heterocycles. The van der Waals surface area contributed by atoms with Crippen LogP contribution >= 0.6 is 34.7 Å². The third-order valence-electron chi connectivity index (χ3n) is 4.39. The number of benzene rings is 1. The van der Waals surface area contributed by atoms with E-state index in [1.165, 1.54) is 23.1 Å². The van der Waals surface area contributed by atoms with E-state index >= 15 is 0 Å². The lowest BCUT2D eigenvalue weighted by Gasteiger charge is -2.07. The molecule has 7 nitrogen and oxygen atoms in total. The summed E-state index contributed by atoms with van der Waals surface area (Å²) in [6.45, 7) is 5.78. The molecule has 0 bridgehead atoms. The molecular weight excluding hydrogens is 444 g/mol. The number of aromatic nitrogens is 3. The van der Waals surface area contributed by atoms with E-state index in [9.17, 15) is 9.59 Å². The maximum absolute atomic E-state index is 12.5. The molecular formula is C20H21ClN4O3S2. The van der Waals surface area contributed by atoms with Gasteiger partial charge in [0.2, 0.25) is 5.91 Å². The van der Waals surface area contributed by atoms with Gasteiger partial charge in [0, 0.05) is 22.5 Å². The Kier molecular flexibility index (Phi) is 7.17. The highest BCUT2D eigenvalue weighted by Crippen LogP contribution is 2.33. The Labute approximate surface area is 187 Å². The molecule has 0 fully saturated rings. The number of hydrogen-bond donors (Lipinski definition) is 1. The van der Waals surface area contributed by atoms with Gasteiger partial charge >= 0.3 is 5.97 Å². The number of rotatable bonds is 7. The van der Waals surface area contributed by atoms with Crippen LogP contribution in [0.3, 0.4) is 0 Å². The Hall–Kier alpha value is -2.36. The van der Waals surface area contributed by atoms with Crippen LogP contribution in [0.15, 0.2) is 29.4 Å². The van der Waals surface area contributed by atoms with Gasteiger partial charge < -0.3 is 14.6 Å². The van der Waals surface area contributed by atoms with Crippen molar-refractivity contribution in [3.63, 3.8) is 0 Å². The molecule has 158 valence electrons. The second kappa shape index (κ2) is 9.63. The number of anilines is 1. The van der Waals surface area contributed by atoms with Crippen molar-refractivity contribution in [2.75, 3.05) is 17.7 Å². The molecule has 0 saturated carbocycles.